The van der Waals surface area contributed by atoms with Crippen LogP contribution in [0.25, 0.3) is 22.4 Å². The maximum Gasteiger partial charge on any atom is 0.0534 e. The molecule has 0 radical (unpaired) electrons. The molecule has 1 heteroatoms. The van der Waals surface area contributed by atoms with Gasteiger partial charge >= 0.3 is 0 Å². The van der Waals surface area contributed by atoms with Crippen molar-refractivity contribution in [3.8, 4) is 0 Å². The van der Waals surface area contributed by atoms with E-state index in [0.29, 0.717) is 0 Å². The molecule has 0 atom stereocenters. The van der Waals surface area contributed by atoms with Gasteiger partial charge in [0, 0.05) is 22.8 Å². The molecular weight excluding hydrogens is 542 g/mol. The lowest BCUT2D eigenvalue weighted by molar-refractivity contribution is 1.29. The van der Waals surface area contributed by atoms with Crippen LogP contribution in [0, 0.1) is 0 Å². The average molecular weight is 598 g/mol. The number of rotatable bonds is 7. The summed E-state index contributed by atoms with van der Waals surface area (Å²) in [5.74, 6) is 0. The van der Waals surface area contributed by atoms with Gasteiger partial charge in [0.05, 0.1) is 5.69 Å². The Bertz CT molecular complexity index is 1510. The van der Waals surface area contributed by atoms with Crippen LogP contribution in [0.15, 0.2) is 151 Å². The molecule has 0 aliphatic heterocycles. The Kier molecular flexibility index (Phi) is 19.5. The number of anilines is 2. The molecule has 0 aliphatic carbocycles. The van der Waals surface area contributed by atoms with Crippen LogP contribution in [0.4, 0.5) is 11.4 Å². The summed E-state index contributed by atoms with van der Waals surface area (Å²) >= 11 is 0. The molecule has 0 fully saturated rings. The fraction of sp³-hybridized carbons (Fsp3) is 0.227. The number of hydrogen-bond acceptors (Lipinski definition) is 1. The van der Waals surface area contributed by atoms with Crippen LogP contribution in [0.3, 0.4) is 0 Å². The molecule has 0 heterocycles. The van der Waals surface area contributed by atoms with Crippen LogP contribution in [0.5, 0.6) is 0 Å². The fourth-order valence-electron chi connectivity index (χ4n) is 4.56. The lowest BCUT2D eigenvalue weighted by atomic mass is 9.97. The first-order chi connectivity index (χ1) is 22.2. The molecule has 0 spiro atoms. The highest BCUT2D eigenvalue weighted by Gasteiger charge is 2.15. The normalized spacial score (nSPS) is 9.47. The zero-order valence-corrected chi connectivity index (χ0v) is 29.4. The van der Waals surface area contributed by atoms with Gasteiger partial charge < -0.3 is 4.90 Å². The summed E-state index contributed by atoms with van der Waals surface area (Å²) in [6, 6.07) is 45.0. The molecule has 0 saturated carbocycles. The predicted octanol–water partition coefficient (Wildman–Crippen LogP) is 14.2. The van der Waals surface area contributed by atoms with Gasteiger partial charge in [-0.15, -0.1) is 0 Å². The summed E-state index contributed by atoms with van der Waals surface area (Å²) in [5.41, 5.74) is 8.28. The van der Waals surface area contributed by atoms with Gasteiger partial charge in [0.25, 0.3) is 0 Å². The molecule has 45 heavy (non-hydrogen) atoms. The van der Waals surface area contributed by atoms with Crippen molar-refractivity contribution >= 4 is 33.8 Å². The van der Waals surface area contributed by atoms with Crippen molar-refractivity contribution in [2.24, 2.45) is 0 Å². The van der Waals surface area contributed by atoms with Gasteiger partial charge in [-0.3, -0.25) is 0 Å². The minimum absolute atomic E-state index is 1.12. The highest BCUT2D eigenvalue weighted by molar-refractivity contribution is 6.02. The minimum atomic E-state index is 1.12. The first-order valence-corrected chi connectivity index (χ1v) is 16.7. The molecule has 5 aromatic carbocycles. The number of hydrogen-bond donors (Lipinski definition) is 0. The lowest BCUT2D eigenvalue weighted by Crippen LogP contribution is -2.11. The predicted molar refractivity (Wildman–Crippen MR) is 206 cm³/mol. The van der Waals surface area contributed by atoms with Gasteiger partial charge in [0.1, 0.15) is 0 Å². The van der Waals surface area contributed by atoms with Gasteiger partial charge in [0.15, 0.2) is 0 Å². The number of allylic oxidation sites excluding steroid dienone is 3. The van der Waals surface area contributed by atoms with E-state index in [4.69, 9.17) is 0 Å². The van der Waals surface area contributed by atoms with Crippen molar-refractivity contribution < 1.29 is 0 Å². The second kappa shape index (κ2) is 22.9. The number of fused-ring (bicyclic) bond motifs is 1. The summed E-state index contributed by atoms with van der Waals surface area (Å²) in [5, 5.41) is 2.44. The maximum atomic E-state index is 2.32. The van der Waals surface area contributed by atoms with E-state index < -0.39 is 0 Å². The Hall–Kier alpha value is -4.62. The number of benzene rings is 5. The Morgan fingerprint density at radius 3 is 1.42 bits per heavy atom. The van der Waals surface area contributed by atoms with Gasteiger partial charge in [0.2, 0.25) is 0 Å². The van der Waals surface area contributed by atoms with E-state index >= 15 is 0 Å². The molecule has 1 nitrogen and oxygen atoms in total. The van der Waals surface area contributed by atoms with Crippen molar-refractivity contribution in [3.63, 3.8) is 0 Å². The molecule has 5 rings (SSSR count). The first-order valence-electron chi connectivity index (χ1n) is 16.7. The highest BCUT2D eigenvalue weighted by Crippen LogP contribution is 2.37. The topological polar surface area (TPSA) is 3.24 Å². The Morgan fingerprint density at radius 1 is 0.489 bits per heavy atom. The molecule has 236 valence electrons. The maximum absolute atomic E-state index is 2.32. The quantitative estimate of drug-likeness (QED) is 0.169. The SMILES string of the molecule is CC.CC.CC.CC.CC(C)=CC=Cc1ccc(N(C=C(c2ccccc2)c2ccccc2)c2ccccc2)c2ccccc12. The zero-order valence-electron chi connectivity index (χ0n) is 29.4. The van der Waals surface area contributed by atoms with Crippen LogP contribution < -0.4 is 4.90 Å². The molecule has 0 saturated heterocycles. The summed E-state index contributed by atoms with van der Waals surface area (Å²) in [6.07, 6.45) is 8.75. The number of para-hydroxylation sites is 1. The number of nitrogens with zero attached hydrogens (tertiary/aromatic N) is 1. The van der Waals surface area contributed by atoms with Crippen molar-refractivity contribution in [1.29, 1.82) is 0 Å². The third-order valence-corrected chi connectivity index (χ3v) is 6.36. The third-order valence-electron chi connectivity index (χ3n) is 6.36. The van der Waals surface area contributed by atoms with Crippen molar-refractivity contribution in [2.45, 2.75) is 69.2 Å². The van der Waals surface area contributed by atoms with E-state index in [9.17, 15) is 0 Å². The van der Waals surface area contributed by atoms with Gasteiger partial charge in [-0.05, 0) is 54.1 Å². The van der Waals surface area contributed by atoms with E-state index in [1.165, 1.54) is 38.6 Å². The molecule has 0 N–H and O–H groups in total. The average Bonchev–Trinajstić information content (AvgIpc) is 3.13. The molecule has 0 aliphatic rings. The monoisotopic (exact) mass is 597 g/mol. The smallest absolute Gasteiger partial charge is 0.0534 e. The molecule has 0 bridgehead atoms. The molecule has 0 aromatic heterocycles. The summed E-state index contributed by atoms with van der Waals surface area (Å²) in [4.78, 5) is 2.32. The molecule has 0 amide bonds. The van der Waals surface area contributed by atoms with Crippen molar-refractivity contribution in [1.82, 2.24) is 0 Å². The van der Waals surface area contributed by atoms with Crippen LogP contribution in [0.2, 0.25) is 0 Å². The second-order valence-corrected chi connectivity index (χ2v) is 9.30. The summed E-state index contributed by atoms with van der Waals surface area (Å²) in [6.45, 7) is 20.2. The van der Waals surface area contributed by atoms with Crippen LogP contribution in [-0.2, 0) is 0 Å². The van der Waals surface area contributed by atoms with Crippen LogP contribution in [0.1, 0.15) is 85.9 Å². The Morgan fingerprint density at radius 2 is 0.933 bits per heavy atom. The van der Waals surface area contributed by atoms with Crippen molar-refractivity contribution in [2.75, 3.05) is 4.90 Å². The molecule has 0 unspecified atom stereocenters. The summed E-state index contributed by atoms with van der Waals surface area (Å²) < 4.78 is 0. The standard InChI is InChI=1S/C36H31N.4C2H6/c1-28(2)15-14-20-31-25-26-36(34-24-13-12-23-33(31)34)37(32-21-10-5-11-22-32)27-35(29-16-6-3-7-17-29)30-18-8-4-9-19-30;4*1-2/h3-27H,1-2H3;4*1-2H3. The van der Waals surface area contributed by atoms with E-state index in [0.717, 1.165) is 11.4 Å². The second-order valence-electron chi connectivity index (χ2n) is 9.30. The van der Waals surface area contributed by atoms with Gasteiger partial charge in [-0.2, -0.15) is 0 Å². The van der Waals surface area contributed by atoms with Crippen LogP contribution >= 0.6 is 0 Å². The van der Waals surface area contributed by atoms with E-state index in [1.54, 1.807) is 0 Å². The van der Waals surface area contributed by atoms with E-state index in [2.05, 4.69) is 171 Å². The molecule has 5 aromatic rings. The fourth-order valence-corrected chi connectivity index (χ4v) is 4.56. The summed E-state index contributed by atoms with van der Waals surface area (Å²) in [7, 11) is 0. The van der Waals surface area contributed by atoms with E-state index in [1.807, 2.05) is 55.4 Å². The molecular formula is C44H55N. The zero-order chi connectivity index (χ0) is 33.5. The van der Waals surface area contributed by atoms with Crippen LogP contribution in [-0.4, -0.2) is 0 Å². The Labute approximate surface area is 275 Å². The van der Waals surface area contributed by atoms with Gasteiger partial charge in [-0.25, -0.2) is 0 Å². The third kappa shape index (κ3) is 11.4. The minimum Gasteiger partial charge on any atom is -0.316 e. The highest BCUT2D eigenvalue weighted by atomic mass is 15.1. The van der Waals surface area contributed by atoms with Gasteiger partial charge in [-0.1, -0.05) is 188 Å². The van der Waals surface area contributed by atoms with E-state index in [-0.39, 0.29) is 0 Å². The lowest BCUT2D eigenvalue weighted by Gasteiger charge is -2.25. The van der Waals surface area contributed by atoms with Crippen molar-refractivity contribution in [3.05, 3.63) is 168 Å². The Balaban J connectivity index is 0.00000117. The largest absolute Gasteiger partial charge is 0.316 e. The first kappa shape index (κ1) is 38.4.